The second kappa shape index (κ2) is 29.2. The molecular formula is C55H104. The summed E-state index contributed by atoms with van der Waals surface area (Å²) >= 11 is 0. The largest absolute Gasteiger partial charge is 0.0880 e. The van der Waals surface area contributed by atoms with Crippen LogP contribution >= 0.6 is 0 Å². The zero-order valence-corrected chi connectivity index (χ0v) is 41.4. The van der Waals surface area contributed by atoms with Gasteiger partial charge in [0.25, 0.3) is 0 Å². The fraction of sp³-hybridized carbons (Fsp3) is 0.855. The molecule has 0 heteroatoms. The first kappa shape index (κ1) is 54.0. The van der Waals surface area contributed by atoms with E-state index in [1.165, 1.54) is 96.3 Å². The summed E-state index contributed by atoms with van der Waals surface area (Å²) in [6.45, 7) is 43.0. The summed E-state index contributed by atoms with van der Waals surface area (Å²) < 4.78 is 0. The molecular weight excluding hydrogens is 661 g/mol. The molecule has 0 heterocycles. The zero-order valence-electron chi connectivity index (χ0n) is 41.4. The van der Waals surface area contributed by atoms with Gasteiger partial charge in [-0.25, -0.2) is 0 Å². The predicted octanol–water partition coefficient (Wildman–Crippen LogP) is 18.9. The van der Waals surface area contributed by atoms with Crippen molar-refractivity contribution < 1.29 is 0 Å². The monoisotopic (exact) mass is 765 g/mol. The average Bonchev–Trinajstić information content (AvgIpc) is 3.75. The molecule has 55 heavy (non-hydrogen) atoms. The molecule has 3 saturated carbocycles. The Kier molecular flexibility index (Phi) is 28.7. The van der Waals surface area contributed by atoms with Gasteiger partial charge in [0.05, 0.1) is 0 Å². The standard InChI is InChI=1S/C16H28.C16H30.C14H22.C5H12.2C2H6/c1-5-12(3)14-9-7-13(4)15-8-6-11(2)10-16(14)15;1-13(2)9-7-8-10-15(5)11-12-16(6)14(3)4;1-9(2)11-5-4-7-14-8-6-10(3)12(14)13(11)14;1-3-5-4-2;2*1-2/h10,12-16H,5-9H2,1-4H3;7,9,11,13-14,16H,8,10,12H2,1-6H3;6,9,11-13H,4-5,7-8H2,1-3H3;3-5H2,1-2H3;2*1-2H3/b;9-7+,15-11-;;;;/t;;11-,12?,13+,14?;;;/m..0.../s1. The molecule has 0 aromatic rings. The minimum Gasteiger partial charge on any atom is -0.0880 e. The third-order valence-corrected chi connectivity index (χ3v) is 14.6. The molecule has 1 spiro atoms. The van der Waals surface area contributed by atoms with Gasteiger partial charge in [-0.2, -0.15) is 0 Å². The molecule has 5 aliphatic carbocycles. The maximum atomic E-state index is 2.64. The fourth-order valence-corrected chi connectivity index (χ4v) is 10.5. The lowest BCUT2D eigenvalue weighted by atomic mass is 9.60. The van der Waals surface area contributed by atoms with Crippen molar-refractivity contribution in [2.45, 2.75) is 228 Å². The Morgan fingerprint density at radius 3 is 2.02 bits per heavy atom. The van der Waals surface area contributed by atoms with E-state index in [2.05, 4.69) is 134 Å². The van der Waals surface area contributed by atoms with Crippen molar-refractivity contribution in [2.24, 2.45) is 76.4 Å². The van der Waals surface area contributed by atoms with Crippen LogP contribution in [0.3, 0.4) is 0 Å². The van der Waals surface area contributed by atoms with Gasteiger partial charge in [0.15, 0.2) is 0 Å². The van der Waals surface area contributed by atoms with Gasteiger partial charge in [0.1, 0.15) is 0 Å². The summed E-state index contributed by atoms with van der Waals surface area (Å²) in [4.78, 5) is 0. The molecule has 3 fully saturated rings. The molecule has 0 bridgehead atoms. The van der Waals surface area contributed by atoms with Crippen LogP contribution in [0, 0.1) is 76.4 Å². The van der Waals surface area contributed by atoms with Gasteiger partial charge in [-0.3, -0.25) is 0 Å². The second-order valence-corrected chi connectivity index (χ2v) is 19.7. The number of rotatable bonds is 12. The summed E-state index contributed by atoms with van der Waals surface area (Å²) in [5.41, 5.74) is 5.71. The van der Waals surface area contributed by atoms with Gasteiger partial charge < -0.3 is 0 Å². The summed E-state index contributed by atoms with van der Waals surface area (Å²) in [5, 5.41) is 0. The highest BCUT2D eigenvalue weighted by atomic mass is 14.7. The molecule has 10 atom stereocenters. The Hall–Kier alpha value is -1.04. The first-order valence-corrected chi connectivity index (χ1v) is 24.8. The molecule has 0 aliphatic heterocycles. The van der Waals surface area contributed by atoms with Crippen LogP contribution in [0.15, 0.2) is 47.1 Å². The van der Waals surface area contributed by atoms with Crippen LogP contribution in [0.5, 0.6) is 0 Å². The molecule has 5 aliphatic rings. The highest BCUT2D eigenvalue weighted by Crippen LogP contribution is 2.76. The van der Waals surface area contributed by atoms with Crippen molar-refractivity contribution >= 4 is 0 Å². The summed E-state index contributed by atoms with van der Waals surface area (Å²) in [7, 11) is 0. The number of allylic oxidation sites excluding steroid dienone is 8. The Morgan fingerprint density at radius 1 is 0.855 bits per heavy atom. The molecule has 0 N–H and O–H groups in total. The van der Waals surface area contributed by atoms with E-state index in [-0.39, 0.29) is 0 Å². The maximum absolute atomic E-state index is 2.64. The van der Waals surface area contributed by atoms with Crippen LogP contribution in [0.4, 0.5) is 0 Å². The molecule has 0 aromatic heterocycles. The Labute approximate surface area is 350 Å². The van der Waals surface area contributed by atoms with Gasteiger partial charge >= 0.3 is 0 Å². The smallest absolute Gasteiger partial charge is 0.0107 e. The Bertz CT molecular complexity index is 1080. The molecule has 324 valence electrons. The summed E-state index contributed by atoms with van der Waals surface area (Å²) in [6.07, 6.45) is 33.0. The molecule has 0 amide bonds. The predicted molar refractivity (Wildman–Crippen MR) is 255 cm³/mol. The van der Waals surface area contributed by atoms with E-state index in [4.69, 9.17) is 0 Å². The third kappa shape index (κ3) is 17.8. The second-order valence-electron chi connectivity index (χ2n) is 19.7. The van der Waals surface area contributed by atoms with Crippen LogP contribution in [-0.2, 0) is 0 Å². The lowest BCUT2D eigenvalue weighted by Gasteiger charge is -2.45. The van der Waals surface area contributed by atoms with E-state index in [0.29, 0.717) is 5.92 Å². The molecule has 0 radical (unpaired) electrons. The van der Waals surface area contributed by atoms with Crippen molar-refractivity contribution in [1.29, 1.82) is 0 Å². The number of hydrogen-bond acceptors (Lipinski definition) is 0. The minimum atomic E-state index is 0.685. The van der Waals surface area contributed by atoms with E-state index in [1.54, 1.807) is 16.7 Å². The van der Waals surface area contributed by atoms with E-state index in [9.17, 15) is 0 Å². The van der Waals surface area contributed by atoms with Gasteiger partial charge in [-0.1, -0.05) is 196 Å². The van der Waals surface area contributed by atoms with Crippen LogP contribution in [-0.4, -0.2) is 0 Å². The fourth-order valence-electron chi connectivity index (χ4n) is 10.5. The third-order valence-electron chi connectivity index (χ3n) is 14.6. The number of fused-ring (bicyclic) bond motifs is 2. The average molecular weight is 765 g/mol. The summed E-state index contributed by atoms with van der Waals surface area (Å²) in [6, 6.07) is 0. The first-order valence-electron chi connectivity index (χ1n) is 24.8. The Balaban J connectivity index is 0.000000717. The molecule has 8 unspecified atom stereocenters. The quantitative estimate of drug-likeness (QED) is 0.174. The van der Waals surface area contributed by atoms with E-state index < -0.39 is 0 Å². The molecule has 0 saturated heterocycles. The molecule has 0 nitrogen and oxygen atoms in total. The highest BCUT2D eigenvalue weighted by Gasteiger charge is 2.69. The lowest BCUT2D eigenvalue weighted by molar-refractivity contribution is 0.0817. The van der Waals surface area contributed by atoms with E-state index in [1.807, 2.05) is 27.7 Å². The van der Waals surface area contributed by atoms with Crippen molar-refractivity contribution in [3.63, 3.8) is 0 Å². The van der Waals surface area contributed by atoms with Gasteiger partial charge in [0, 0.05) is 0 Å². The lowest BCUT2D eigenvalue weighted by Crippen LogP contribution is -2.37. The minimum absolute atomic E-state index is 0.685. The first-order chi connectivity index (χ1) is 26.1. The number of unbranched alkanes of at least 4 members (excludes halogenated alkanes) is 2. The SMILES string of the molecule is C/C(=C/CC(C)C(C)C)CC/C=C/C(C)C.CC.CC.CC1=CCC23CCC[C@@H](C(C)C)[C@@H]2C13.CCC(C)C1CCC(C)C2CCC(C)=CC12.CCCCC. The maximum Gasteiger partial charge on any atom is -0.0107 e. The Morgan fingerprint density at radius 2 is 1.49 bits per heavy atom. The van der Waals surface area contributed by atoms with E-state index >= 15 is 0 Å². The van der Waals surface area contributed by atoms with Crippen molar-refractivity contribution in [2.75, 3.05) is 0 Å². The molecule has 5 rings (SSSR count). The van der Waals surface area contributed by atoms with Gasteiger partial charge in [-0.05, 0) is 155 Å². The van der Waals surface area contributed by atoms with E-state index in [0.717, 1.165) is 70.5 Å². The zero-order chi connectivity index (χ0) is 42.3. The van der Waals surface area contributed by atoms with Crippen LogP contribution in [0.2, 0.25) is 0 Å². The summed E-state index contributed by atoms with van der Waals surface area (Å²) in [5.74, 6) is 11.1. The van der Waals surface area contributed by atoms with Crippen molar-refractivity contribution in [3.8, 4) is 0 Å². The van der Waals surface area contributed by atoms with Crippen molar-refractivity contribution in [3.05, 3.63) is 47.1 Å². The van der Waals surface area contributed by atoms with Crippen LogP contribution in [0.1, 0.15) is 228 Å². The highest BCUT2D eigenvalue weighted by molar-refractivity contribution is 5.34. The van der Waals surface area contributed by atoms with Gasteiger partial charge in [-0.15, -0.1) is 0 Å². The van der Waals surface area contributed by atoms with Crippen LogP contribution in [0.25, 0.3) is 0 Å². The number of hydrogen-bond donors (Lipinski definition) is 0. The van der Waals surface area contributed by atoms with Crippen LogP contribution < -0.4 is 0 Å². The topological polar surface area (TPSA) is 0 Å². The van der Waals surface area contributed by atoms with Gasteiger partial charge in [0.2, 0.25) is 0 Å². The van der Waals surface area contributed by atoms with Crippen molar-refractivity contribution in [1.82, 2.24) is 0 Å². The normalized spacial score (nSPS) is 30.1. The molecule has 0 aromatic carbocycles.